The van der Waals surface area contributed by atoms with E-state index in [0.29, 0.717) is 11.4 Å². The Kier molecular flexibility index (Phi) is 4.99. The number of nitrogens with zero attached hydrogens (tertiary/aromatic N) is 2. The summed E-state index contributed by atoms with van der Waals surface area (Å²) in [6.07, 6.45) is 0. The summed E-state index contributed by atoms with van der Waals surface area (Å²) in [4.78, 5) is 39.8. The van der Waals surface area contributed by atoms with Crippen LogP contribution in [0.5, 0.6) is 11.5 Å². The Hall–Kier alpha value is -3.88. The van der Waals surface area contributed by atoms with Crippen molar-refractivity contribution < 1.29 is 24.5 Å². The fraction of sp³-hybridized carbons (Fsp3) is 0.158. The largest absolute Gasteiger partial charge is 0.506 e. The zero-order chi connectivity index (χ0) is 20.4. The number of carbonyl (C=O) groups excluding carboxylic acids is 1. The molecule has 0 unspecified atom stereocenters. The number of fused-ring (bicyclic) bond motifs is 1. The van der Waals surface area contributed by atoms with Gasteiger partial charge in [0, 0.05) is 12.6 Å². The molecule has 0 aliphatic heterocycles. The van der Waals surface area contributed by atoms with Crippen LogP contribution >= 0.6 is 0 Å². The number of methoxy groups -OCH3 is 1. The maximum Gasteiger partial charge on any atom is 0.322 e. The van der Waals surface area contributed by atoms with Crippen LogP contribution in [0.25, 0.3) is 22.3 Å². The van der Waals surface area contributed by atoms with Crippen LogP contribution in [0, 0.1) is 0 Å². The minimum Gasteiger partial charge on any atom is -0.506 e. The van der Waals surface area contributed by atoms with E-state index >= 15 is 0 Å². The van der Waals surface area contributed by atoms with Gasteiger partial charge in [-0.05, 0) is 36.4 Å². The molecule has 0 spiro atoms. The number of benzene rings is 1. The van der Waals surface area contributed by atoms with E-state index in [1.807, 2.05) is 0 Å². The summed E-state index contributed by atoms with van der Waals surface area (Å²) >= 11 is 0. The Morgan fingerprint density at radius 1 is 1.18 bits per heavy atom. The van der Waals surface area contributed by atoms with Crippen LogP contribution in [0.3, 0.4) is 0 Å². The molecular formula is C19H17N3O6. The second kappa shape index (κ2) is 7.39. The molecule has 0 radical (unpaired) electrons. The molecule has 9 nitrogen and oxygen atoms in total. The summed E-state index contributed by atoms with van der Waals surface area (Å²) in [7, 11) is 2.98. The minimum atomic E-state index is -1.27. The number of aliphatic carboxylic acids is 1. The van der Waals surface area contributed by atoms with Gasteiger partial charge in [-0.1, -0.05) is 0 Å². The molecule has 0 aliphatic carbocycles. The SMILES string of the molecule is COc1ccc(-c2ccc3c(O)c(C(=O)NCC(=O)O)c(=O)n(C)c3n2)cc1. The first-order valence-corrected chi connectivity index (χ1v) is 8.20. The molecule has 0 saturated heterocycles. The molecule has 9 heteroatoms. The third-order valence-electron chi connectivity index (χ3n) is 4.22. The third-order valence-corrected chi connectivity index (χ3v) is 4.22. The Bertz CT molecular complexity index is 1140. The number of aromatic hydroxyl groups is 1. The minimum absolute atomic E-state index is 0.186. The van der Waals surface area contributed by atoms with Crippen LogP contribution in [-0.4, -0.2) is 45.3 Å². The highest BCUT2D eigenvalue weighted by Gasteiger charge is 2.22. The Balaban J connectivity index is 2.11. The normalized spacial score (nSPS) is 10.6. The summed E-state index contributed by atoms with van der Waals surface area (Å²) in [6, 6.07) is 10.3. The Morgan fingerprint density at radius 3 is 2.46 bits per heavy atom. The molecule has 3 rings (SSSR count). The van der Waals surface area contributed by atoms with Gasteiger partial charge in [0.15, 0.2) is 0 Å². The van der Waals surface area contributed by atoms with Gasteiger partial charge in [-0.2, -0.15) is 0 Å². The molecule has 2 heterocycles. The number of aryl methyl sites for hydroxylation is 1. The topological polar surface area (TPSA) is 131 Å². The van der Waals surface area contributed by atoms with Gasteiger partial charge in [-0.3, -0.25) is 19.0 Å². The second-order valence-electron chi connectivity index (χ2n) is 5.96. The third kappa shape index (κ3) is 3.37. The number of carbonyl (C=O) groups is 2. The number of hydrogen-bond donors (Lipinski definition) is 3. The van der Waals surface area contributed by atoms with Crippen molar-refractivity contribution in [3.05, 3.63) is 52.3 Å². The van der Waals surface area contributed by atoms with Gasteiger partial charge in [0.25, 0.3) is 11.5 Å². The summed E-state index contributed by atoms with van der Waals surface area (Å²) in [5, 5.41) is 21.4. The Morgan fingerprint density at radius 2 is 1.86 bits per heavy atom. The fourth-order valence-corrected chi connectivity index (χ4v) is 2.76. The molecule has 3 aromatic rings. The molecule has 3 N–H and O–H groups in total. The number of aromatic nitrogens is 2. The van der Waals surface area contributed by atoms with Crippen LogP contribution in [0.2, 0.25) is 0 Å². The van der Waals surface area contributed by atoms with Crippen molar-refractivity contribution in [1.29, 1.82) is 0 Å². The molecule has 0 fully saturated rings. The highest BCUT2D eigenvalue weighted by Crippen LogP contribution is 2.28. The monoisotopic (exact) mass is 383 g/mol. The van der Waals surface area contributed by atoms with Crippen LogP contribution in [0.1, 0.15) is 10.4 Å². The van der Waals surface area contributed by atoms with Crippen LogP contribution < -0.4 is 15.6 Å². The van der Waals surface area contributed by atoms with Gasteiger partial charge in [0.05, 0.1) is 18.2 Å². The lowest BCUT2D eigenvalue weighted by Crippen LogP contribution is -2.35. The lowest BCUT2D eigenvalue weighted by Gasteiger charge is -2.12. The first-order valence-electron chi connectivity index (χ1n) is 8.20. The maximum absolute atomic E-state index is 12.6. The summed E-state index contributed by atoms with van der Waals surface area (Å²) < 4.78 is 6.26. The molecule has 2 aromatic heterocycles. The van der Waals surface area contributed by atoms with Gasteiger partial charge in [-0.15, -0.1) is 0 Å². The first kappa shape index (κ1) is 18.9. The zero-order valence-electron chi connectivity index (χ0n) is 15.1. The van der Waals surface area contributed by atoms with Gasteiger partial charge in [0.2, 0.25) is 0 Å². The van der Waals surface area contributed by atoms with E-state index in [4.69, 9.17) is 9.84 Å². The zero-order valence-corrected chi connectivity index (χ0v) is 15.1. The number of carboxylic acid groups (broad SMARTS) is 1. The molecule has 0 saturated carbocycles. The number of hydrogen-bond acceptors (Lipinski definition) is 6. The van der Waals surface area contributed by atoms with E-state index in [9.17, 15) is 19.5 Å². The average molecular weight is 383 g/mol. The highest BCUT2D eigenvalue weighted by atomic mass is 16.5. The Labute approximate surface area is 158 Å². The van der Waals surface area contributed by atoms with Crippen LogP contribution in [0.15, 0.2) is 41.2 Å². The molecule has 0 atom stereocenters. The van der Waals surface area contributed by atoms with Crippen molar-refractivity contribution in [3.63, 3.8) is 0 Å². The molecule has 1 amide bonds. The van der Waals surface area contributed by atoms with Crippen molar-refractivity contribution in [1.82, 2.24) is 14.9 Å². The van der Waals surface area contributed by atoms with Gasteiger partial charge < -0.3 is 20.3 Å². The fourth-order valence-electron chi connectivity index (χ4n) is 2.76. The van der Waals surface area contributed by atoms with Gasteiger partial charge >= 0.3 is 5.97 Å². The number of pyridine rings is 2. The van der Waals surface area contributed by atoms with Crippen molar-refractivity contribution in [2.45, 2.75) is 0 Å². The van der Waals surface area contributed by atoms with Gasteiger partial charge in [-0.25, -0.2) is 4.98 Å². The predicted molar refractivity (Wildman–Crippen MR) is 101 cm³/mol. The quantitative estimate of drug-likeness (QED) is 0.602. The van der Waals surface area contributed by atoms with Crippen LogP contribution in [0.4, 0.5) is 0 Å². The van der Waals surface area contributed by atoms with Crippen molar-refractivity contribution in [2.24, 2.45) is 7.05 Å². The second-order valence-corrected chi connectivity index (χ2v) is 5.96. The predicted octanol–water partition coefficient (Wildman–Crippen LogP) is 1.13. The molecular weight excluding hydrogens is 366 g/mol. The summed E-state index contributed by atoms with van der Waals surface area (Å²) in [5.41, 5.74) is 0.207. The summed E-state index contributed by atoms with van der Waals surface area (Å²) in [6.45, 7) is -0.672. The van der Waals surface area contributed by atoms with Crippen molar-refractivity contribution >= 4 is 22.9 Å². The first-order chi connectivity index (χ1) is 13.3. The standard InChI is InChI=1S/C19H17N3O6/c1-22-17-12(16(25)15(19(22)27)18(26)20-9-14(23)24)7-8-13(21-17)10-3-5-11(28-2)6-4-10/h3-8,25H,9H2,1-2H3,(H,20,26)(H,23,24). The summed E-state index contributed by atoms with van der Waals surface area (Å²) in [5.74, 6) is -2.10. The molecule has 0 aliphatic rings. The van der Waals surface area contributed by atoms with E-state index < -0.39 is 35.3 Å². The smallest absolute Gasteiger partial charge is 0.322 e. The van der Waals surface area contributed by atoms with Crippen molar-refractivity contribution in [3.8, 4) is 22.8 Å². The lowest BCUT2D eigenvalue weighted by atomic mass is 10.1. The number of nitrogens with one attached hydrogen (secondary N) is 1. The average Bonchev–Trinajstić information content (AvgIpc) is 2.70. The molecule has 0 bridgehead atoms. The van der Waals surface area contributed by atoms with Crippen molar-refractivity contribution in [2.75, 3.05) is 13.7 Å². The van der Waals surface area contributed by atoms with E-state index in [2.05, 4.69) is 10.3 Å². The number of amides is 1. The highest BCUT2D eigenvalue weighted by molar-refractivity contribution is 6.02. The number of carboxylic acids is 1. The molecule has 28 heavy (non-hydrogen) atoms. The van der Waals surface area contributed by atoms with E-state index in [1.165, 1.54) is 7.05 Å². The lowest BCUT2D eigenvalue weighted by molar-refractivity contribution is -0.135. The van der Waals surface area contributed by atoms with E-state index in [-0.39, 0.29) is 11.0 Å². The molecule has 1 aromatic carbocycles. The van der Waals surface area contributed by atoms with E-state index in [1.54, 1.807) is 43.5 Å². The van der Waals surface area contributed by atoms with Gasteiger partial charge in [0.1, 0.15) is 29.3 Å². The maximum atomic E-state index is 12.6. The van der Waals surface area contributed by atoms with E-state index in [0.717, 1.165) is 10.1 Å². The number of ether oxygens (including phenoxy) is 1. The molecule has 144 valence electrons. The number of rotatable bonds is 5. The van der Waals surface area contributed by atoms with Crippen LogP contribution in [-0.2, 0) is 11.8 Å².